The Morgan fingerprint density at radius 2 is 2.20 bits per heavy atom. The second-order valence-electron chi connectivity index (χ2n) is 3.60. The molecule has 0 aliphatic rings. The van der Waals surface area contributed by atoms with Crippen molar-refractivity contribution in [2.75, 3.05) is 5.32 Å². The third kappa shape index (κ3) is 4.02. The first-order valence-corrected chi connectivity index (χ1v) is 5.18. The summed E-state index contributed by atoms with van der Waals surface area (Å²) in [5.74, 6) is 0.788. The average molecular weight is 207 g/mol. The number of anilines is 1. The van der Waals surface area contributed by atoms with E-state index in [9.17, 15) is 4.79 Å². The molecular formula is C12H17NO2. The number of carbonyl (C=O) groups is 1. The number of hydrogen-bond acceptors (Lipinski definition) is 2. The van der Waals surface area contributed by atoms with Crippen LogP contribution in [0, 0.1) is 0 Å². The molecule has 3 heteroatoms. The maximum atomic E-state index is 11.2. The third-order valence-corrected chi connectivity index (χ3v) is 1.81. The topological polar surface area (TPSA) is 38.3 Å². The Balaban J connectivity index is 2.69. The SMILES string of the molecule is CCC(=O)Nc1cccc(OC(C)C)c1. The van der Waals surface area contributed by atoms with E-state index in [1.165, 1.54) is 0 Å². The molecule has 1 aromatic carbocycles. The Morgan fingerprint density at radius 3 is 2.80 bits per heavy atom. The molecule has 1 amide bonds. The molecule has 0 radical (unpaired) electrons. The van der Waals surface area contributed by atoms with Crippen molar-refractivity contribution < 1.29 is 9.53 Å². The second-order valence-corrected chi connectivity index (χ2v) is 3.60. The fourth-order valence-electron chi connectivity index (χ4n) is 1.17. The highest BCUT2D eigenvalue weighted by Gasteiger charge is 2.01. The van der Waals surface area contributed by atoms with Crippen molar-refractivity contribution in [1.82, 2.24) is 0 Å². The van der Waals surface area contributed by atoms with Crippen LogP contribution in [-0.2, 0) is 4.79 Å². The van der Waals surface area contributed by atoms with Crippen LogP contribution in [0.4, 0.5) is 5.69 Å². The van der Waals surface area contributed by atoms with Crippen molar-refractivity contribution in [2.45, 2.75) is 33.3 Å². The fraction of sp³-hybridized carbons (Fsp3) is 0.417. The smallest absolute Gasteiger partial charge is 0.224 e. The van der Waals surface area contributed by atoms with Crippen molar-refractivity contribution in [3.8, 4) is 5.75 Å². The van der Waals surface area contributed by atoms with E-state index in [0.29, 0.717) is 6.42 Å². The standard InChI is InChI=1S/C12H17NO2/c1-4-12(14)13-10-6-5-7-11(8-10)15-9(2)3/h5-9H,4H2,1-3H3,(H,13,14). The van der Waals surface area contributed by atoms with Crippen molar-refractivity contribution in [1.29, 1.82) is 0 Å². The number of rotatable bonds is 4. The number of nitrogens with one attached hydrogen (secondary N) is 1. The average Bonchev–Trinajstić information content (AvgIpc) is 2.17. The molecule has 1 N–H and O–H groups in total. The number of benzene rings is 1. The summed E-state index contributed by atoms with van der Waals surface area (Å²) < 4.78 is 5.52. The lowest BCUT2D eigenvalue weighted by molar-refractivity contribution is -0.115. The highest BCUT2D eigenvalue weighted by atomic mass is 16.5. The molecule has 0 heterocycles. The van der Waals surface area contributed by atoms with Crippen molar-refractivity contribution in [3.63, 3.8) is 0 Å². The molecular weight excluding hydrogens is 190 g/mol. The largest absolute Gasteiger partial charge is 0.491 e. The van der Waals surface area contributed by atoms with E-state index < -0.39 is 0 Å². The summed E-state index contributed by atoms with van der Waals surface area (Å²) >= 11 is 0. The first-order chi connectivity index (χ1) is 7.11. The zero-order chi connectivity index (χ0) is 11.3. The Kier molecular flexibility index (Phi) is 4.16. The predicted octanol–water partition coefficient (Wildman–Crippen LogP) is 2.82. The second kappa shape index (κ2) is 5.39. The number of amides is 1. The van der Waals surface area contributed by atoms with Gasteiger partial charge in [0, 0.05) is 18.2 Å². The molecule has 0 aromatic heterocycles. The van der Waals surface area contributed by atoms with Crippen LogP contribution >= 0.6 is 0 Å². The molecule has 0 aliphatic carbocycles. The molecule has 0 saturated carbocycles. The quantitative estimate of drug-likeness (QED) is 0.824. The Bertz CT molecular complexity index is 334. The van der Waals surface area contributed by atoms with Crippen LogP contribution in [0.25, 0.3) is 0 Å². The molecule has 0 atom stereocenters. The van der Waals surface area contributed by atoms with Gasteiger partial charge in [-0.3, -0.25) is 4.79 Å². The number of carbonyl (C=O) groups excluding carboxylic acids is 1. The number of ether oxygens (including phenoxy) is 1. The Morgan fingerprint density at radius 1 is 1.47 bits per heavy atom. The van der Waals surface area contributed by atoms with Gasteiger partial charge in [-0.25, -0.2) is 0 Å². The summed E-state index contributed by atoms with van der Waals surface area (Å²) in [7, 11) is 0. The minimum absolute atomic E-state index is 0.0108. The van der Waals surface area contributed by atoms with Crippen molar-refractivity contribution in [2.24, 2.45) is 0 Å². The molecule has 1 aromatic rings. The van der Waals surface area contributed by atoms with Crippen LogP contribution < -0.4 is 10.1 Å². The van der Waals surface area contributed by atoms with Gasteiger partial charge in [-0.05, 0) is 26.0 Å². The van der Waals surface area contributed by atoms with Crippen molar-refractivity contribution in [3.05, 3.63) is 24.3 Å². The summed E-state index contributed by atoms with van der Waals surface area (Å²) in [6.07, 6.45) is 0.622. The minimum atomic E-state index is 0.0108. The summed E-state index contributed by atoms with van der Waals surface area (Å²) in [5.41, 5.74) is 0.778. The van der Waals surface area contributed by atoms with Gasteiger partial charge in [0.2, 0.25) is 5.91 Å². The van der Waals surface area contributed by atoms with Gasteiger partial charge in [0.1, 0.15) is 5.75 Å². The van der Waals surface area contributed by atoms with Crippen LogP contribution in [0.1, 0.15) is 27.2 Å². The van der Waals surface area contributed by atoms with E-state index in [2.05, 4.69) is 5.32 Å². The molecule has 3 nitrogen and oxygen atoms in total. The highest BCUT2D eigenvalue weighted by molar-refractivity contribution is 5.90. The third-order valence-electron chi connectivity index (χ3n) is 1.81. The van der Waals surface area contributed by atoms with E-state index in [-0.39, 0.29) is 12.0 Å². The summed E-state index contributed by atoms with van der Waals surface area (Å²) in [5, 5.41) is 2.79. The first kappa shape index (κ1) is 11.6. The minimum Gasteiger partial charge on any atom is -0.491 e. The summed E-state index contributed by atoms with van der Waals surface area (Å²) in [6, 6.07) is 7.42. The van der Waals surface area contributed by atoms with Crippen LogP contribution in [0.5, 0.6) is 5.75 Å². The van der Waals surface area contributed by atoms with Crippen LogP contribution in [0.3, 0.4) is 0 Å². The molecule has 15 heavy (non-hydrogen) atoms. The van der Waals surface area contributed by atoms with Crippen LogP contribution in [-0.4, -0.2) is 12.0 Å². The van der Waals surface area contributed by atoms with Crippen molar-refractivity contribution >= 4 is 11.6 Å². The lowest BCUT2D eigenvalue weighted by Crippen LogP contribution is -2.10. The van der Waals surface area contributed by atoms with Gasteiger partial charge in [-0.1, -0.05) is 13.0 Å². The van der Waals surface area contributed by atoms with E-state index in [0.717, 1.165) is 11.4 Å². The molecule has 1 rings (SSSR count). The Hall–Kier alpha value is -1.51. The molecule has 82 valence electrons. The monoisotopic (exact) mass is 207 g/mol. The highest BCUT2D eigenvalue weighted by Crippen LogP contribution is 2.18. The lowest BCUT2D eigenvalue weighted by Gasteiger charge is -2.11. The van der Waals surface area contributed by atoms with E-state index in [4.69, 9.17) is 4.74 Å². The molecule has 0 unspecified atom stereocenters. The molecule has 0 aliphatic heterocycles. The van der Waals surface area contributed by atoms with Gasteiger partial charge in [-0.2, -0.15) is 0 Å². The maximum absolute atomic E-state index is 11.2. The van der Waals surface area contributed by atoms with Crippen LogP contribution in [0.15, 0.2) is 24.3 Å². The number of hydrogen-bond donors (Lipinski definition) is 1. The first-order valence-electron chi connectivity index (χ1n) is 5.18. The van der Waals surface area contributed by atoms with Gasteiger partial charge in [0.15, 0.2) is 0 Å². The Labute approximate surface area is 90.4 Å². The molecule has 0 bridgehead atoms. The maximum Gasteiger partial charge on any atom is 0.224 e. The predicted molar refractivity (Wildman–Crippen MR) is 61.1 cm³/mol. The summed E-state index contributed by atoms with van der Waals surface area (Å²) in [6.45, 7) is 5.76. The van der Waals surface area contributed by atoms with E-state index >= 15 is 0 Å². The van der Waals surface area contributed by atoms with Gasteiger partial charge in [0.05, 0.1) is 6.10 Å². The van der Waals surface area contributed by atoms with Gasteiger partial charge in [0.25, 0.3) is 0 Å². The zero-order valence-electron chi connectivity index (χ0n) is 9.41. The molecule has 0 spiro atoms. The van der Waals surface area contributed by atoms with E-state index in [1.807, 2.05) is 45.0 Å². The lowest BCUT2D eigenvalue weighted by atomic mass is 10.3. The molecule has 0 saturated heterocycles. The van der Waals surface area contributed by atoms with Gasteiger partial charge < -0.3 is 10.1 Å². The van der Waals surface area contributed by atoms with E-state index in [1.54, 1.807) is 0 Å². The van der Waals surface area contributed by atoms with Crippen LogP contribution in [0.2, 0.25) is 0 Å². The summed E-state index contributed by atoms with van der Waals surface area (Å²) in [4.78, 5) is 11.2. The van der Waals surface area contributed by atoms with Gasteiger partial charge >= 0.3 is 0 Å². The fourth-order valence-corrected chi connectivity index (χ4v) is 1.17. The normalized spacial score (nSPS) is 10.1. The zero-order valence-corrected chi connectivity index (χ0v) is 9.41. The molecule has 0 fully saturated rings. The van der Waals surface area contributed by atoms with Gasteiger partial charge in [-0.15, -0.1) is 0 Å².